The van der Waals surface area contributed by atoms with Crippen molar-refractivity contribution in [2.45, 2.75) is 33.0 Å². The highest BCUT2D eigenvalue weighted by molar-refractivity contribution is 5.34. The van der Waals surface area contributed by atoms with Crippen molar-refractivity contribution in [1.82, 2.24) is 5.32 Å². The second-order valence-corrected chi connectivity index (χ2v) is 5.28. The number of nitrogens with one attached hydrogen (secondary N) is 1. The van der Waals surface area contributed by atoms with Crippen molar-refractivity contribution in [2.24, 2.45) is 0 Å². The van der Waals surface area contributed by atoms with Crippen LogP contribution in [0.4, 0.5) is 0 Å². The monoisotopic (exact) mass is 285 g/mol. The second kappa shape index (κ2) is 7.70. The van der Waals surface area contributed by atoms with Crippen molar-refractivity contribution in [1.29, 1.82) is 0 Å². The van der Waals surface area contributed by atoms with E-state index in [1.807, 2.05) is 36.4 Å². The summed E-state index contributed by atoms with van der Waals surface area (Å²) in [4.78, 5) is 0. The summed E-state index contributed by atoms with van der Waals surface area (Å²) < 4.78 is 11.2. The van der Waals surface area contributed by atoms with Gasteiger partial charge < -0.3 is 14.8 Å². The van der Waals surface area contributed by atoms with Crippen molar-refractivity contribution < 1.29 is 9.47 Å². The minimum atomic E-state index is 0.475. The number of ether oxygens (including phenoxy) is 2. The van der Waals surface area contributed by atoms with Gasteiger partial charge in [0.1, 0.15) is 18.1 Å². The molecule has 0 heterocycles. The largest absolute Gasteiger partial charge is 0.496 e. The van der Waals surface area contributed by atoms with Gasteiger partial charge in [0.15, 0.2) is 0 Å². The molecule has 21 heavy (non-hydrogen) atoms. The first-order valence-corrected chi connectivity index (χ1v) is 7.26. The third kappa shape index (κ3) is 4.80. The highest BCUT2D eigenvalue weighted by Crippen LogP contribution is 2.20. The van der Waals surface area contributed by atoms with Crippen molar-refractivity contribution in [3.05, 3.63) is 59.7 Å². The third-order valence-electron chi connectivity index (χ3n) is 3.20. The lowest BCUT2D eigenvalue weighted by molar-refractivity contribution is 0.296. The Morgan fingerprint density at radius 1 is 1.05 bits per heavy atom. The molecule has 0 aromatic heterocycles. The Hall–Kier alpha value is -2.00. The number of benzene rings is 2. The summed E-state index contributed by atoms with van der Waals surface area (Å²) in [5.74, 6) is 1.74. The Morgan fingerprint density at radius 3 is 2.62 bits per heavy atom. The van der Waals surface area contributed by atoms with Crippen LogP contribution in [-0.2, 0) is 13.2 Å². The average Bonchev–Trinajstić information content (AvgIpc) is 2.51. The van der Waals surface area contributed by atoms with Crippen LogP contribution in [0.1, 0.15) is 25.0 Å². The summed E-state index contributed by atoms with van der Waals surface area (Å²) in [5, 5.41) is 3.41. The molecule has 0 amide bonds. The van der Waals surface area contributed by atoms with E-state index >= 15 is 0 Å². The van der Waals surface area contributed by atoms with Gasteiger partial charge >= 0.3 is 0 Å². The zero-order chi connectivity index (χ0) is 15.1. The molecule has 1 N–H and O–H groups in total. The fourth-order valence-corrected chi connectivity index (χ4v) is 2.05. The Labute approximate surface area is 126 Å². The van der Waals surface area contributed by atoms with Crippen LogP contribution in [0.5, 0.6) is 11.5 Å². The standard InChI is InChI=1S/C18H23NO2/c1-14(2)19-12-15-7-6-9-17(11-15)21-13-16-8-4-5-10-18(16)20-3/h4-11,14,19H,12-13H2,1-3H3. The van der Waals surface area contributed by atoms with Crippen molar-refractivity contribution in [2.75, 3.05) is 7.11 Å². The van der Waals surface area contributed by atoms with Crippen LogP contribution >= 0.6 is 0 Å². The number of hydrogen-bond acceptors (Lipinski definition) is 3. The van der Waals surface area contributed by atoms with Gasteiger partial charge in [0, 0.05) is 18.2 Å². The zero-order valence-electron chi connectivity index (χ0n) is 12.9. The topological polar surface area (TPSA) is 30.5 Å². The van der Waals surface area contributed by atoms with Crippen LogP contribution in [-0.4, -0.2) is 13.2 Å². The van der Waals surface area contributed by atoms with E-state index in [0.717, 1.165) is 23.6 Å². The maximum absolute atomic E-state index is 5.87. The highest BCUT2D eigenvalue weighted by atomic mass is 16.5. The highest BCUT2D eigenvalue weighted by Gasteiger charge is 2.03. The predicted molar refractivity (Wildman–Crippen MR) is 85.7 cm³/mol. The molecule has 0 saturated heterocycles. The van der Waals surface area contributed by atoms with E-state index < -0.39 is 0 Å². The van der Waals surface area contributed by atoms with Gasteiger partial charge in [-0.2, -0.15) is 0 Å². The van der Waals surface area contributed by atoms with Gasteiger partial charge in [-0.05, 0) is 23.8 Å². The van der Waals surface area contributed by atoms with Gasteiger partial charge in [-0.15, -0.1) is 0 Å². The second-order valence-electron chi connectivity index (χ2n) is 5.28. The molecular weight excluding hydrogens is 262 g/mol. The summed E-state index contributed by atoms with van der Waals surface area (Å²) in [6.07, 6.45) is 0. The average molecular weight is 285 g/mol. The van der Waals surface area contributed by atoms with Crippen molar-refractivity contribution in [3.63, 3.8) is 0 Å². The minimum Gasteiger partial charge on any atom is -0.496 e. The van der Waals surface area contributed by atoms with E-state index in [1.54, 1.807) is 7.11 Å². The molecule has 2 rings (SSSR count). The molecule has 0 spiro atoms. The van der Waals surface area contributed by atoms with Crippen LogP contribution in [0.25, 0.3) is 0 Å². The van der Waals surface area contributed by atoms with Crippen LogP contribution in [0.2, 0.25) is 0 Å². The Balaban J connectivity index is 1.98. The Morgan fingerprint density at radius 2 is 1.86 bits per heavy atom. The first kappa shape index (κ1) is 15.4. The molecule has 3 nitrogen and oxygen atoms in total. The fraction of sp³-hybridized carbons (Fsp3) is 0.333. The van der Waals surface area contributed by atoms with E-state index in [1.165, 1.54) is 5.56 Å². The summed E-state index contributed by atoms with van der Waals surface area (Å²) in [6.45, 7) is 5.64. The lowest BCUT2D eigenvalue weighted by Gasteiger charge is -2.12. The third-order valence-corrected chi connectivity index (χ3v) is 3.20. The Kier molecular flexibility index (Phi) is 5.64. The summed E-state index contributed by atoms with van der Waals surface area (Å²) in [7, 11) is 1.68. The van der Waals surface area contributed by atoms with Crippen LogP contribution in [0, 0.1) is 0 Å². The van der Waals surface area contributed by atoms with Gasteiger partial charge in [0.2, 0.25) is 0 Å². The molecule has 0 bridgehead atoms. The van der Waals surface area contributed by atoms with Crippen molar-refractivity contribution in [3.8, 4) is 11.5 Å². The van der Waals surface area contributed by atoms with Crippen LogP contribution in [0.3, 0.4) is 0 Å². The molecule has 3 heteroatoms. The Bertz CT molecular complexity index is 567. The van der Waals surface area contributed by atoms with Gasteiger partial charge in [-0.1, -0.05) is 44.2 Å². The lowest BCUT2D eigenvalue weighted by Crippen LogP contribution is -2.21. The van der Waals surface area contributed by atoms with E-state index in [9.17, 15) is 0 Å². The van der Waals surface area contributed by atoms with Gasteiger partial charge in [0.25, 0.3) is 0 Å². The normalized spacial score (nSPS) is 10.7. The smallest absolute Gasteiger partial charge is 0.125 e. The molecule has 0 aliphatic carbocycles. The lowest BCUT2D eigenvalue weighted by atomic mass is 10.2. The predicted octanol–water partition coefficient (Wildman–Crippen LogP) is 3.77. The van der Waals surface area contributed by atoms with E-state index in [0.29, 0.717) is 12.6 Å². The van der Waals surface area contributed by atoms with Gasteiger partial charge in [0.05, 0.1) is 7.11 Å². The quantitative estimate of drug-likeness (QED) is 0.840. The van der Waals surface area contributed by atoms with Crippen LogP contribution < -0.4 is 14.8 Å². The SMILES string of the molecule is COc1ccccc1COc1cccc(CNC(C)C)c1. The van der Waals surface area contributed by atoms with Gasteiger partial charge in [-0.3, -0.25) is 0 Å². The van der Waals surface area contributed by atoms with E-state index in [2.05, 4.69) is 31.3 Å². The maximum atomic E-state index is 5.87. The molecular formula is C18H23NO2. The minimum absolute atomic E-state index is 0.475. The molecule has 0 saturated carbocycles. The molecule has 0 unspecified atom stereocenters. The summed E-state index contributed by atoms with van der Waals surface area (Å²) in [6, 6.07) is 16.6. The molecule has 0 atom stereocenters. The number of hydrogen-bond donors (Lipinski definition) is 1. The van der Waals surface area contributed by atoms with E-state index in [-0.39, 0.29) is 0 Å². The van der Waals surface area contributed by atoms with Crippen LogP contribution in [0.15, 0.2) is 48.5 Å². The number of methoxy groups -OCH3 is 1. The van der Waals surface area contributed by atoms with Crippen molar-refractivity contribution >= 4 is 0 Å². The van der Waals surface area contributed by atoms with Gasteiger partial charge in [-0.25, -0.2) is 0 Å². The maximum Gasteiger partial charge on any atom is 0.125 e. The first-order valence-electron chi connectivity index (χ1n) is 7.26. The first-order chi connectivity index (χ1) is 10.2. The molecule has 2 aromatic carbocycles. The molecule has 0 fully saturated rings. The number of rotatable bonds is 7. The molecule has 0 aliphatic rings. The summed E-state index contributed by atoms with van der Waals surface area (Å²) >= 11 is 0. The fourth-order valence-electron chi connectivity index (χ4n) is 2.05. The molecule has 0 radical (unpaired) electrons. The number of para-hydroxylation sites is 1. The molecule has 112 valence electrons. The zero-order valence-corrected chi connectivity index (χ0v) is 12.9. The molecule has 2 aromatic rings. The van der Waals surface area contributed by atoms with E-state index in [4.69, 9.17) is 9.47 Å². The summed E-state index contributed by atoms with van der Waals surface area (Å²) in [5.41, 5.74) is 2.27. The molecule has 0 aliphatic heterocycles.